The SMILES string of the molecule is Cc1ccc(C2=C[C@@H]3C[C@@H]3C2)cc1F. The molecule has 0 nitrogen and oxygen atoms in total. The molecule has 3 rings (SSSR count). The van der Waals surface area contributed by atoms with Gasteiger partial charge in [-0.25, -0.2) is 4.39 Å². The van der Waals surface area contributed by atoms with E-state index < -0.39 is 0 Å². The minimum atomic E-state index is -0.0797. The minimum Gasteiger partial charge on any atom is -0.207 e. The van der Waals surface area contributed by atoms with Crippen LogP contribution in [0, 0.1) is 24.6 Å². The zero-order valence-electron chi connectivity index (χ0n) is 8.26. The van der Waals surface area contributed by atoms with Crippen molar-refractivity contribution in [2.75, 3.05) is 0 Å². The number of benzene rings is 1. The Morgan fingerprint density at radius 2 is 2.21 bits per heavy atom. The van der Waals surface area contributed by atoms with Crippen molar-refractivity contribution in [3.8, 4) is 0 Å². The molecule has 1 fully saturated rings. The van der Waals surface area contributed by atoms with Crippen LogP contribution in [0.3, 0.4) is 0 Å². The smallest absolute Gasteiger partial charge is 0.126 e. The van der Waals surface area contributed by atoms with Gasteiger partial charge in [0.15, 0.2) is 0 Å². The first-order valence-corrected chi connectivity index (χ1v) is 5.21. The largest absolute Gasteiger partial charge is 0.207 e. The third-order valence-electron chi connectivity index (χ3n) is 3.42. The maximum Gasteiger partial charge on any atom is 0.126 e. The number of fused-ring (bicyclic) bond motifs is 1. The van der Waals surface area contributed by atoms with Crippen LogP contribution in [0.1, 0.15) is 24.0 Å². The van der Waals surface area contributed by atoms with Gasteiger partial charge in [0.05, 0.1) is 0 Å². The molecule has 0 aliphatic heterocycles. The summed E-state index contributed by atoms with van der Waals surface area (Å²) in [6.45, 7) is 1.81. The minimum absolute atomic E-state index is 0.0797. The summed E-state index contributed by atoms with van der Waals surface area (Å²) in [5.74, 6) is 1.62. The molecule has 0 saturated heterocycles. The number of aryl methyl sites for hydroxylation is 1. The monoisotopic (exact) mass is 188 g/mol. The molecule has 0 radical (unpaired) electrons. The molecule has 1 aromatic carbocycles. The van der Waals surface area contributed by atoms with E-state index in [4.69, 9.17) is 0 Å². The zero-order chi connectivity index (χ0) is 9.71. The van der Waals surface area contributed by atoms with Crippen molar-refractivity contribution in [2.45, 2.75) is 19.8 Å². The molecule has 14 heavy (non-hydrogen) atoms. The molecular formula is C13H13F. The molecule has 1 aromatic rings. The first-order chi connectivity index (χ1) is 6.74. The first-order valence-electron chi connectivity index (χ1n) is 5.21. The molecule has 72 valence electrons. The number of allylic oxidation sites excluding steroid dienone is 2. The van der Waals surface area contributed by atoms with Crippen LogP contribution in [0.4, 0.5) is 4.39 Å². The van der Waals surface area contributed by atoms with Gasteiger partial charge in [-0.1, -0.05) is 18.2 Å². The fraction of sp³-hybridized carbons (Fsp3) is 0.385. The van der Waals surface area contributed by atoms with Gasteiger partial charge in [0.2, 0.25) is 0 Å². The molecule has 1 saturated carbocycles. The molecule has 0 bridgehead atoms. The van der Waals surface area contributed by atoms with E-state index in [0.29, 0.717) is 0 Å². The van der Waals surface area contributed by atoms with Gasteiger partial charge in [-0.05, 0) is 54.4 Å². The van der Waals surface area contributed by atoms with Crippen LogP contribution < -0.4 is 0 Å². The van der Waals surface area contributed by atoms with Crippen molar-refractivity contribution >= 4 is 5.57 Å². The quantitative estimate of drug-likeness (QED) is 0.632. The fourth-order valence-electron chi connectivity index (χ4n) is 2.33. The number of halogens is 1. The van der Waals surface area contributed by atoms with Crippen LogP contribution in [0.25, 0.3) is 5.57 Å². The van der Waals surface area contributed by atoms with E-state index in [1.165, 1.54) is 12.0 Å². The summed E-state index contributed by atoms with van der Waals surface area (Å²) in [6, 6.07) is 5.58. The topological polar surface area (TPSA) is 0 Å². The van der Waals surface area contributed by atoms with Gasteiger partial charge in [-0.3, -0.25) is 0 Å². The van der Waals surface area contributed by atoms with Crippen molar-refractivity contribution in [3.63, 3.8) is 0 Å². The van der Waals surface area contributed by atoms with Crippen LogP contribution in [-0.4, -0.2) is 0 Å². The molecule has 0 heterocycles. The normalized spacial score (nSPS) is 28.6. The third-order valence-corrected chi connectivity index (χ3v) is 3.42. The second kappa shape index (κ2) is 2.69. The highest BCUT2D eigenvalue weighted by Crippen LogP contribution is 2.52. The summed E-state index contributed by atoms with van der Waals surface area (Å²) in [5, 5.41) is 0. The van der Waals surface area contributed by atoms with Crippen molar-refractivity contribution in [1.82, 2.24) is 0 Å². The van der Waals surface area contributed by atoms with Crippen molar-refractivity contribution < 1.29 is 4.39 Å². The Labute approximate surface area is 83.5 Å². The number of rotatable bonds is 1. The van der Waals surface area contributed by atoms with E-state index in [9.17, 15) is 4.39 Å². The lowest BCUT2D eigenvalue weighted by Gasteiger charge is -2.05. The van der Waals surface area contributed by atoms with Crippen LogP contribution in [0.5, 0.6) is 0 Å². The van der Waals surface area contributed by atoms with Crippen molar-refractivity contribution in [1.29, 1.82) is 0 Å². The van der Waals surface area contributed by atoms with Crippen molar-refractivity contribution in [3.05, 3.63) is 41.2 Å². The lowest BCUT2D eigenvalue weighted by atomic mass is 10.0. The average molecular weight is 188 g/mol. The first kappa shape index (κ1) is 8.22. The standard InChI is InChI=1S/C13H13F/c1-8-2-3-9(7-13(8)14)10-4-11-6-12(11)5-10/h2-4,7,11-12H,5-6H2,1H3/t11-,12+/m1/s1. The lowest BCUT2D eigenvalue weighted by Crippen LogP contribution is -1.88. The van der Waals surface area contributed by atoms with E-state index in [1.54, 1.807) is 13.0 Å². The Morgan fingerprint density at radius 3 is 2.86 bits per heavy atom. The molecule has 2 aliphatic carbocycles. The van der Waals surface area contributed by atoms with E-state index >= 15 is 0 Å². The Kier molecular flexibility index (Phi) is 1.58. The summed E-state index contributed by atoms with van der Waals surface area (Å²) in [7, 11) is 0. The molecule has 0 aromatic heterocycles. The summed E-state index contributed by atoms with van der Waals surface area (Å²) in [6.07, 6.45) is 4.85. The molecule has 2 aliphatic rings. The Hall–Kier alpha value is -1.11. The molecule has 0 spiro atoms. The van der Waals surface area contributed by atoms with Gasteiger partial charge in [0.25, 0.3) is 0 Å². The molecular weight excluding hydrogens is 175 g/mol. The average Bonchev–Trinajstić information content (AvgIpc) is 2.78. The highest BCUT2D eigenvalue weighted by Gasteiger charge is 2.40. The van der Waals surface area contributed by atoms with Gasteiger partial charge in [0, 0.05) is 0 Å². The number of hydrogen-bond donors (Lipinski definition) is 0. The van der Waals surface area contributed by atoms with E-state index in [0.717, 1.165) is 29.4 Å². The third kappa shape index (κ3) is 1.19. The molecule has 1 heteroatoms. The highest BCUT2D eigenvalue weighted by atomic mass is 19.1. The Bertz CT molecular complexity index is 417. The van der Waals surface area contributed by atoms with E-state index in [1.807, 2.05) is 12.1 Å². The predicted octanol–water partition coefficient (Wildman–Crippen LogP) is 3.56. The molecule has 0 amide bonds. The van der Waals surface area contributed by atoms with Crippen LogP contribution in [-0.2, 0) is 0 Å². The predicted molar refractivity (Wildman–Crippen MR) is 55.3 cm³/mol. The van der Waals surface area contributed by atoms with Crippen LogP contribution in [0.15, 0.2) is 24.3 Å². The van der Waals surface area contributed by atoms with Crippen molar-refractivity contribution in [2.24, 2.45) is 11.8 Å². The zero-order valence-corrected chi connectivity index (χ0v) is 8.26. The van der Waals surface area contributed by atoms with E-state index in [-0.39, 0.29) is 5.82 Å². The van der Waals surface area contributed by atoms with Gasteiger partial charge in [-0.15, -0.1) is 0 Å². The van der Waals surface area contributed by atoms with Gasteiger partial charge >= 0.3 is 0 Å². The second-order valence-electron chi connectivity index (χ2n) is 4.52. The lowest BCUT2D eigenvalue weighted by molar-refractivity contribution is 0.618. The summed E-state index contributed by atoms with van der Waals surface area (Å²) in [4.78, 5) is 0. The molecule has 2 atom stereocenters. The van der Waals surface area contributed by atoms with Gasteiger partial charge in [-0.2, -0.15) is 0 Å². The van der Waals surface area contributed by atoms with Crippen LogP contribution >= 0.6 is 0 Å². The summed E-state index contributed by atoms with van der Waals surface area (Å²) < 4.78 is 13.3. The maximum absolute atomic E-state index is 13.3. The highest BCUT2D eigenvalue weighted by molar-refractivity contribution is 5.69. The maximum atomic E-state index is 13.3. The Morgan fingerprint density at radius 1 is 1.36 bits per heavy atom. The van der Waals surface area contributed by atoms with Crippen LogP contribution in [0.2, 0.25) is 0 Å². The second-order valence-corrected chi connectivity index (χ2v) is 4.52. The summed E-state index contributed by atoms with van der Waals surface area (Å²) >= 11 is 0. The van der Waals surface area contributed by atoms with Gasteiger partial charge < -0.3 is 0 Å². The Balaban J connectivity index is 1.96. The fourth-order valence-corrected chi connectivity index (χ4v) is 2.33. The molecule has 0 unspecified atom stereocenters. The summed E-state index contributed by atoms with van der Waals surface area (Å²) in [5.41, 5.74) is 3.17. The number of hydrogen-bond acceptors (Lipinski definition) is 0. The molecule has 0 N–H and O–H groups in total. The van der Waals surface area contributed by atoms with E-state index in [2.05, 4.69) is 6.08 Å². The van der Waals surface area contributed by atoms with Gasteiger partial charge in [0.1, 0.15) is 5.82 Å².